The van der Waals surface area contributed by atoms with E-state index in [1.54, 1.807) is 16.7 Å². The maximum atomic E-state index is 14.6. The normalized spacial score (nSPS) is 33.6. The number of cyclic esters (lactones) is 1. The fraction of sp³-hybridized carbons (Fsp3) is 0.581. The Kier molecular flexibility index (Phi) is 8.53. The zero-order valence-electron chi connectivity index (χ0n) is 23.3. The molecule has 9 nitrogen and oxygen atoms in total. The summed E-state index contributed by atoms with van der Waals surface area (Å²) in [6.07, 6.45) is 10.1. The van der Waals surface area contributed by atoms with Crippen LogP contribution in [0.4, 0.5) is 0 Å². The number of esters is 1. The highest BCUT2D eigenvalue weighted by Gasteiger charge is 2.71. The van der Waals surface area contributed by atoms with E-state index < -0.39 is 28.7 Å². The van der Waals surface area contributed by atoms with E-state index in [1.165, 1.54) is 0 Å². The first-order valence-corrected chi connectivity index (χ1v) is 15.7. The predicted molar refractivity (Wildman–Crippen MR) is 155 cm³/mol. The minimum Gasteiger partial charge on any atom is -0.465 e. The summed E-state index contributed by atoms with van der Waals surface area (Å²) in [4.78, 5) is 48.3. The Balaban J connectivity index is 1.37. The zero-order chi connectivity index (χ0) is 28.4. The van der Waals surface area contributed by atoms with Gasteiger partial charge in [0.25, 0.3) is 0 Å². The van der Waals surface area contributed by atoms with Crippen molar-refractivity contribution in [3.8, 4) is 0 Å². The van der Waals surface area contributed by atoms with Gasteiger partial charge in [-0.15, -0.1) is 11.8 Å². The molecule has 2 amide bonds. The number of carbonyl (C=O) groups excluding carboxylic acids is 3. The third-order valence-electron chi connectivity index (χ3n) is 9.08. The van der Waals surface area contributed by atoms with E-state index in [2.05, 4.69) is 11.0 Å². The molecule has 0 saturated carbocycles. The number of benzene rings is 1. The van der Waals surface area contributed by atoms with Crippen molar-refractivity contribution >= 4 is 29.5 Å². The van der Waals surface area contributed by atoms with Crippen molar-refractivity contribution in [3.05, 3.63) is 60.2 Å². The zero-order valence-corrected chi connectivity index (χ0v) is 24.1. The number of amides is 2. The lowest BCUT2D eigenvalue weighted by atomic mass is 9.78. The Morgan fingerprint density at radius 3 is 2.61 bits per heavy atom. The molecular weight excluding hydrogens is 542 g/mol. The van der Waals surface area contributed by atoms with Gasteiger partial charge in [0.15, 0.2) is 0 Å². The molecule has 6 rings (SSSR count). The number of aliphatic hydroxyl groups excluding tert-OH is 1. The molecule has 0 aromatic heterocycles. The molecule has 1 N–H and O–H groups in total. The molecular formula is C31H39N3O6S. The second kappa shape index (κ2) is 12.3. The monoisotopic (exact) mass is 581 g/mol. The van der Waals surface area contributed by atoms with E-state index >= 15 is 0 Å². The van der Waals surface area contributed by atoms with Gasteiger partial charge >= 0.3 is 5.97 Å². The van der Waals surface area contributed by atoms with Gasteiger partial charge in [-0.25, -0.2) is 0 Å². The highest BCUT2D eigenvalue weighted by molar-refractivity contribution is 8.02. The molecule has 0 aliphatic carbocycles. The second-order valence-electron chi connectivity index (χ2n) is 11.5. The van der Waals surface area contributed by atoms with Crippen LogP contribution in [-0.2, 0) is 30.3 Å². The molecule has 1 aromatic carbocycles. The number of rotatable bonds is 7. The van der Waals surface area contributed by atoms with Gasteiger partial charge in [-0.05, 0) is 24.8 Å². The average Bonchev–Trinajstić information content (AvgIpc) is 3.41. The molecule has 220 valence electrons. The van der Waals surface area contributed by atoms with Crippen molar-refractivity contribution in [1.82, 2.24) is 14.7 Å². The van der Waals surface area contributed by atoms with Crippen molar-refractivity contribution in [2.24, 2.45) is 11.8 Å². The molecule has 5 heterocycles. The number of hydrogen-bond acceptors (Lipinski definition) is 8. The number of hydrogen-bond donors (Lipinski definition) is 1. The van der Waals surface area contributed by atoms with Gasteiger partial charge in [0.1, 0.15) is 6.04 Å². The van der Waals surface area contributed by atoms with Crippen LogP contribution in [0.2, 0.25) is 0 Å². The van der Waals surface area contributed by atoms with Crippen LogP contribution in [0, 0.1) is 11.8 Å². The van der Waals surface area contributed by atoms with Gasteiger partial charge in [-0.3, -0.25) is 19.3 Å². The van der Waals surface area contributed by atoms with Gasteiger partial charge < -0.3 is 24.4 Å². The lowest BCUT2D eigenvalue weighted by Crippen LogP contribution is -2.57. The van der Waals surface area contributed by atoms with Crippen LogP contribution in [0.5, 0.6) is 0 Å². The molecule has 3 saturated heterocycles. The molecule has 1 aromatic rings. The molecule has 41 heavy (non-hydrogen) atoms. The largest absolute Gasteiger partial charge is 0.465 e. The number of likely N-dealkylation sites (tertiary alicyclic amines) is 1. The number of ether oxygens (including phenoxy) is 2. The van der Waals surface area contributed by atoms with Gasteiger partial charge in [0.05, 0.1) is 49.1 Å². The predicted octanol–water partition coefficient (Wildman–Crippen LogP) is 1.51. The smallest absolute Gasteiger partial charge is 0.311 e. The molecule has 6 atom stereocenters. The van der Waals surface area contributed by atoms with Crippen LogP contribution in [0.1, 0.15) is 18.4 Å². The Hall–Kier alpha value is -2.66. The average molecular weight is 582 g/mol. The highest BCUT2D eigenvalue weighted by atomic mass is 32.2. The quantitative estimate of drug-likeness (QED) is 0.382. The van der Waals surface area contributed by atoms with Crippen molar-refractivity contribution in [2.45, 2.75) is 41.3 Å². The lowest BCUT2D eigenvalue weighted by Gasteiger charge is -2.39. The summed E-state index contributed by atoms with van der Waals surface area (Å²) in [6, 6.07) is 8.29. The third kappa shape index (κ3) is 5.35. The third-order valence-corrected chi connectivity index (χ3v) is 10.8. The lowest BCUT2D eigenvalue weighted by molar-refractivity contribution is -0.153. The van der Waals surface area contributed by atoms with E-state index in [9.17, 15) is 19.5 Å². The first-order valence-electron chi connectivity index (χ1n) is 14.8. The molecule has 5 aliphatic rings. The first kappa shape index (κ1) is 28.5. The number of carbonyl (C=O) groups is 3. The number of nitrogens with zero attached hydrogens (tertiary/aromatic N) is 3. The van der Waals surface area contributed by atoms with Crippen LogP contribution < -0.4 is 0 Å². The minimum atomic E-state index is -0.927. The number of allylic oxidation sites excluding steroid dienone is 1. The number of thioether (sulfide) groups is 1. The second-order valence-corrected chi connectivity index (χ2v) is 13.0. The molecule has 3 fully saturated rings. The summed E-state index contributed by atoms with van der Waals surface area (Å²) in [7, 11) is 0. The molecule has 1 spiro atoms. The SMILES string of the molecule is O=C1OCCC/C=C\[C@@H]2S[C@]34C=CCN(CCN5CCOCC5)C(=O)C3N([C@@H](CO)Cc3ccccc3)C(=O)[C@@H]4[C@H]12. The van der Waals surface area contributed by atoms with Crippen LogP contribution >= 0.6 is 11.8 Å². The number of aliphatic hydroxyl groups is 1. The Labute approximate surface area is 245 Å². The van der Waals surface area contributed by atoms with Crippen LogP contribution in [0.15, 0.2) is 54.6 Å². The van der Waals surface area contributed by atoms with E-state index in [-0.39, 0.29) is 29.6 Å². The Bertz CT molecular complexity index is 1190. The van der Waals surface area contributed by atoms with Crippen LogP contribution in [-0.4, -0.2) is 119 Å². The van der Waals surface area contributed by atoms with Gasteiger partial charge in [-0.1, -0.05) is 54.6 Å². The van der Waals surface area contributed by atoms with Crippen molar-refractivity contribution < 1.29 is 29.0 Å². The maximum absolute atomic E-state index is 14.6. The van der Waals surface area contributed by atoms with Crippen molar-refractivity contribution in [2.75, 3.05) is 59.2 Å². The minimum absolute atomic E-state index is 0.123. The van der Waals surface area contributed by atoms with Crippen LogP contribution in [0.3, 0.4) is 0 Å². The van der Waals surface area contributed by atoms with Gasteiger partial charge in [0, 0.05) is 38.0 Å². The van der Waals surface area contributed by atoms with E-state index in [0.29, 0.717) is 39.3 Å². The summed E-state index contributed by atoms with van der Waals surface area (Å²) >= 11 is 1.55. The van der Waals surface area contributed by atoms with Gasteiger partial charge in [-0.2, -0.15) is 0 Å². The Morgan fingerprint density at radius 2 is 1.83 bits per heavy atom. The van der Waals surface area contributed by atoms with E-state index in [4.69, 9.17) is 9.47 Å². The van der Waals surface area contributed by atoms with E-state index in [1.807, 2.05) is 53.5 Å². The topological polar surface area (TPSA) is 99.6 Å². The van der Waals surface area contributed by atoms with Crippen LogP contribution in [0.25, 0.3) is 0 Å². The summed E-state index contributed by atoms with van der Waals surface area (Å²) in [5.74, 6) is -2.18. The molecule has 0 radical (unpaired) electrons. The molecule has 10 heteroatoms. The highest BCUT2D eigenvalue weighted by Crippen LogP contribution is 2.61. The summed E-state index contributed by atoms with van der Waals surface area (Å²) < 4.78 is 10.2. The van der Waals surface area contributed by atoms with Gasteiger partial charge in [0.2, 0.25) is 11.8 Å². The molecule has 1 unspecified atom stereocenters. The fourth-order valence-corrected chi connectivity index (χ4v) is 9.05. The molecule has 0 bridgehead atoms. The Morgan fingerprint density at radius 1 is 1.02 bits per heavy atom. The maximum Gasteiger partial charge on any atom is 0.311 e. The summed E-state index contributed by atoms with van der Waals surface area (Å²) in [6.45, 7) is 4.75. The standard InChI is InChI=1S/C31H39N3O6S/c35-21-23(20-22-8-3-1-4-9-22)34-27-29(37)33(14-13-32-15-18-39-19-16-32)12-7-11-31(27)26(28(34)36)25-24(41-31)10-5-2-6-17-40-30(25)38/h1,3-5,7-11,23-27,35H,2,6,12-21H2/b10-5-/t23-,24+,25-,26+,27?,31+/m1/s1. The number of morpholine rings is 1. The van der Waals surface area contributed by atoms with E-state index in [0.717, 1.165) is 38.0 Å². The number of fused-ring (bicyclic) bond motifs is 2. The summed E-state index contributed by atoms with van der Waals surface area (Å²) in [5.41, 5.74) is 0.974. The first-order chi connectivity index (χ1) is 20.0. The molecule has 5 aliphatic heterocycles. The van der Waals surface area contributed by atoms with Crippen molar-refractivity contribution in [1.29, 1.82) is 0 Å². The summed E-state index contributed by atoms with van der Waals surface area (Å²) in [5, 5.41) is 10.4. The fourth-order valence-electron chi connectivity index (χ4n) is 7.06. The van der Waals surface area contributed by atoms with Crippen molar-refractivity contribution in [3.63, 3.8) is 0 Å².